The molecule has 1 aromatic carbocycles. The molecule has 0 radical (unpaired) electrons. The first kappa shape index (κ1) is 14.8. The van der Waals surface area contributed by atoms with Crippen LogP contribution < -0.4 is 0 Å². The molecule has 5 rings (SSSR count). The average molecular weight is 346 g/mol. The number of hydrogen-bond acceptors (Lipinski definition) is 4. The molecule has 1 fully saturated rings. The summed E-state index contributed by atoms with van der Waals surface area (Å²) in [5.74, 6) is 1.11. The zero-order valence-corrected chi connectivity index (χ0v) is 14.5. The molecule has 0 N–H and O–H groups in total. The van der Waals surface area contributed by atoms with Gasteiger partial charge in [-0.05, 0) is 36.4 Å². The first-order chi connectivity index (χ1) is 12.4. The lowest BCUT2D eigenvalue weighted by Gasteiger charge is -2.27. The minimum atomic E-state index is 0.0429. The van der Waals surface area contributed by atoms with Crippen LogP contribution in [0.15, 0.2) is 78.0 Å². The molecule has 2 atom stereocenters. The molecule has 124 valence electrons. The Morgan fingerprint density at radius 2 is 1.84 bits per heavy atom. The molecule has 4 nitrogen and oxygen atoms in total. The summed E-state index contributed by atoms with van der Waals surface area (Å²) in [5.41, 5.74) is 3.49. The molecular formula is C20H18N4S. The average Bonchev–Trinajstić information content (AvgIpc) is 3.38. The summed E-state index contributed by atoms with van der Waals surface area (Å²) < 4.78 is 2.28. The Labute approximate surface area is 151 Å². The minimum absolute atomic E-state index is 0.0429. The van der Waals surface area contributed by atoms with Crippen molar-refractivity contribution in [1.82, 2.24) is 14.5 Å². The van der Waals surface area contributed by atoms with Gasteiger partial charge in [-0.3, -0.25) is 9.98 Å². The fourth-order valence-corrected chi connectivity index (χ4v) is 4.73. The van der Waals surface area contributed by atoms with E-state index in [1.807, 2.05) is 30.1 Å². The maximum absolute atomic E-state index is 5.02. The monoisotopic (exact) mass is 346 g/mol. The van der Waals surface area contributed by atoms with E-state index < -0.39 is 0 Å². The van der Waals surface area contributed by atoms with E-state index in [4.69, 9.17) is 4.99 Å². The van der Waals surface area contributed by atoms with Gasteiger partial charge in [0, 0.05) is 36.1 Å². The summed E-state index contributed by atoms with van der Waals surface area (Å²) in [5, 5.41) is 1.15. The second kappa shape index (κ2) is 6.08. The van der Waals surface area contributed by atoms with Gasteiger partial charge in [0.1, 0.15) is 6.04 Å². The molecule has 25 heavy (non-hydrogen) atoms. The van der Waals surface area contributed by atoms with Crippen molar-refractivity contribution in [2.45, 2.75) is 12.1 Å². The van der Waals surface area contributed by atoms with Gasteiger partial charge in [0.2, 0.25) is 0 Å². The Bertz CT molecular complexity index is 904. The molecule has 3 aromatic rings. The summed E-state index contributed by atoms with van der Waals surface area (Å²) in [7, 11) is 0. The molecule has 0 aliphatic carbocycles. The van der Waals surface area contributed by atoms with Gasteiger partial charge in [-0.15, -0.1) is 0 Å². The number of aliphatic imine (C=N–C) groups is 1. The van der Waals surface area contributed by atoms with E-state index in [1.54, 1.807) is 0 Å². The van der Waals surface area contributed by atoms with Gasteiger partial charge < -0.3 is 9.47 Å². The van der Waals surface area contributed by atoms with Crippen molar-refractivity contribution >= 4 is 16.9 Å². The van der Waals surface area contributed by atoms with E-state index in [9.17, 15) is 0 Å². The molecule has 1 saturated heterocycles. The molecule has 0 amide bonds. The molecule has 0 saturated carbocycles. The van der Waals surface area contributed by atoms with Crippen LogP contribution in [0.25, 0.3) is 5.69 Å². The molecule has 2 aliphatic heterocycles. The maximum atomic E-state index is 5.02. The fourth-order valence-electron chi connectivity index (χ4n) is 3.70. The highest BCUT2D eigenvalue weighted by molar-refractivity contribution is 8.14. The van der Waals surface area contributed by atoms with E-state index in [1.165, 1.54) is 11.4 Å². The van der Waals surface area contributed by atoms with Crippen LogP contribution in [0.5, 0.6) is 0 Å². The lowest BCUT2D eigenvalue weighted by molar-refractivity contribution is 0.322. The van der Waals surface area contributed by atoms with E-state index in [0.717, 1.165) is 23.2 Å². The van der Waals surface area contributed by atoms with Gasteiger partial charge in [-0.25, -0.2) is 0 Å². The topological polar surface area (TPSA) is 33.4 Å². The molecule has 5 heteroatoms. The minimum Gasteiger partial charge on any atom is -0.339 e. The Hall–Kier alpha value is -2.53. The molecular weight excluding hydrogens is 328 g/mol. The van der Waals surface area contributed by atoms with Gasteiger partial charge in [0.15, 0.2) is 5.17 Å². The lowest BCUT2D eigenvalue weighted by atomic mass is 10.0. The SMILES string of the molecule is c1ccc(-n2cccc2[C@H]2[C@@H](c3ccccn3)N=C3SCCN32)cc1. The largest absolute Gasteiger partial charge is 0.339 e. The summed E-state index contributed by atoms with van der Waals surface area (Å²) in [6.45, 7) is 1.04. The van der Waals surface area contributed by atoms with Crippen LogP contribution in [-0.2, 0) is 0 Å². The predicted octanol–water partition coefficient (Wildman–Crippen LogP) is 4.07. The molecule has 0 bridgehead atoms. The molecule has 2 aliphatic rings. The van der Waals surface area contributed by atoms with E-state index >= 15 is 0 Å². The van der Waals surface area contributed by atoms with Gasteiger partial charge >= 0.3 is 0 Å². The lowest BCUT2D eigenvalue weighted by Crippen LogP contribution is -2.28. The molecule has 0 unspecified atom stereocenters. The third-order valence-corrected chi connectivity index (χ3v) is 5.79. The summed E-state index contributed by atoms with van der Waals surface area (Å²) >= 11 is 1.85. The van der Waals surface area contributed by atoms with Crippen LogP contribution in [0.2, 0.25) is 0 Å². The Morgan fingerprint density at radius 3 is 2.68 bits per heavy atom. The Morgan fingerprint density at radius 1 is 0.960 bits per heavy atom. The standard InChI is InChI=1S/C20H18N4S/c1-2-7-15(8-3-1)23-12-6-10-17(23)19-18(16-9-4-5-11-21-16)22-20-24(19)13-14-25-20/h1-12,18-19H,13-14H2/t18-,19+/m1/s1. The molecule has 2 aromatic heterocycles. The number of fused-ring (bicyclic) bond motifs is 1. The summed E-state index contributed by atoms with van der Waals surface area (Å²) in [6, 6.07) is 21.2. The van der Waals surface area contributed by atoms with E-state index in [0.29, 0.717) is 0 Å². The van der Waals surface area contributed by atoms with Crippen molar-refractivity contribution in [1.29, 1.82) is 0 Å². The second-order valence-electron chi connectivity index (χ2n) is 6.24. The zero-order chi connectivity index (χ0) is 16.6. The van der Waals surface area contributed by atoms with Crippen molar-refractivity contribution in [3.8, 4) is 5.69 Å². The normalized spacial score (nSPS) is 22.1. The predicted molar refractivity (Wildman–Crippen MR) is 102 cm³/mol. The van der Waals surface area contributed by atoms with Gasteiger partial charge in [0.25, 0.3) is 0 Å². The van der Waals surface area contributed by atoms with Crippen molar-refractivity contribution in [3.63, 3.8) is 0 Å². The first-order valence-corrected chi connectivity index (χ1v) is 9.51. The number of para-hydroxylation sites is 1. The number of amidine groups is 1. The Kier molecular flexibility index (Phi) is 3.59. The third kappa shape index (κ3) is 2.46. The second-order valence-corrected chi connectivity index (χ2v) is 7.30. The van der Waals surface area contributed by atoms with Gasteiger partial charge in [0.05, 0.1) is 11.7 Å². The highest BCUT2D eigenvalue weighted by Crippen LogP contribution is 2.46. The number of aromatic nitrogens is 2. The fraction of sp³-hybridized carbons (Fsp3) is 0.200. The van der Waals surface area contributed by atoms with Gasteiger partial charge in [-0.1, -0.05) is 36.0 Å². The highest BCUT2D eigenvalue weighted by atomic mass is 32.2. The van der Waals surface area contributed by atoms with Crippen LogP contribution >= 0.6 is 11.8 Å². The van der Waals surface area contributed by atoms with Crippen molar-refractivity contribution in [2.24, 2.45) is 4.99 Å². The Balaban J connectivity index is 1.62. The quantitative estimate of drug-likeness (QED) is 0.717. The van der Waals surface area contributed by atoms with Crippen molar-refractivity contribution in [3.05, 3.63) is 84.4 Å². The number of rotatable bonds is 3. The van der Waals surface area contributed by atoms with Crippen LogP contribution in [0.4, 0.5) is 0 Å². The third-order valence-electron chi connectivity index (χ3n) is 4.80. The van der Waals surface area contributed by atoms with E-state index in [2.05, 4.69) is 69.2 Å². The van der Waals surface area contributed by atoms with E-state index in [-0.39, 0.29) is 12.1 Å². The van der Waals surface area contributed by atoms with Crippen LogP contribution in [0.1, 0.15) is 23.5 Å². The van der Waals surface area contributed by atoms with Crippen LogP contribution in [-0.4, -0.2) is 31.9 Å². The number of pyridine rings is 1. The van der Waals surface area contributed by atoms with Crippen LogP contribution in [0.3, 0.4) is 0 Å². The first-order valence-electron chi connectivity index (χ1n) is 8.53. The molecule has 0 spiro atoms. The van der Waals surface area contributed by atoms with Crippen molar-refractivity contribution < 1.29 is 0 Å². The number of hydrogen-bond donors (Lipinski definition) is 0. The smallest absolute Gasteiger partial charge is 0.160 e. The maximum Gasteiger partial charge on any atom is 0.160 e. The summed E-state index contributed by atoms with van der Waals surface area (Å²) in [4.78, 5) is 12.1. The summed E-state index contributed by atoms with van der Waals surface area (Å²) in [6.07, 6.45) is 4.00. The highest BCUT2D eigenvalue weighted by Gasteiger charge is 2.42. The van der Waals surface area contributed by atoms with Crippen LogP contribution in [0, 0.1) is 0 Å². The number of thioether (sulfide) groups is 1. The van der Waals surface area contributed by atoms with Gasteiger partial charge in [-0.2, -0.15) is 0 Å². The zero-order valence-electron chi connectivity index (χ0n) is 13.7. The number of nitrogens with zero attached hydrogens (tertiary/aromatic N) is 4. The number of benzene rings is 1. The van der Waals surface area contributed by atoms with Crippen molar-refractivity contribution in [2.75, 3.05) is 12.3 Å². The molecule has 4 heterocycles.